The van der Waals surface area contributed by atoms with Gasteiger partial charge >= 0.3 is 12.1 Å². The van der Waals surface area contributed by atoms with E-state index in [2.05, 4.69) is 36.7 Å². The quantitative estimate of drug-likeness (QED) is 0.678. The Labute approximate surface area is 170 Å². The highest BCUT2D eigenvalue weighted by Gasteiger charge is 2.53. The molecule has 1 saturated carbocycles. The van der Waals surface area contributed by atoms with E-state index in [1.807, 2.05) is 0 Å². The summed E-state index contributed by atoms with van der Waals surface area (Å²) in [4.78, 5) is 50.3. The van der Waals surface area contributed by atoms with Crippen LogP contribution in [0.4, 0.5) is 15.3 Å². The van der Waals surface area contributed by atoms with Crippen molar-refractivity contribution in [3.63, 3.8) is 0 Å². The monoisotopic (exact) mass is 400 g/mol. The number of anilines is 1. The van der Waals surface area contributed by atoms with Crippen LogP contribution in [0.3, 0.4) is 0 Å². The number of benzene rings is 1. The number of hydrogen-bond donors (Lipinski definition) is 3. The Bertz CT molecular complexity index is 808. The molecule has 1 aromatic carbocycles. The van der Waals surface area contributed by atoms with Crippen LogP contribution in [0.1, 0.15) is 46.5 Å². The van der Waals surface area contributed by atoms with Crippen LogP contribution >= 0.6 is 0 Å². The molecule has 0 radical (unpaired) electrons. The maximum Gasteiger partial charge on any atom is 0.325 e. The van der Waals surface area contributed by atoms with Gasteiger partial charge in [-0.15, -0.1) is 0 Å². The van der Waals surface area contributed by atoms with E-state index in [4.69, 9.17) is 0 Å². The zero-order chi connectivity index (χ0) is 21.2. The molecule has 29 heavy (non-hydrogen) atoms. The number of imide groups is 2. The Morgan fingerprint density at radius 1 is 1.14 bits per heavy atom. The highest BCUT2D eigenvalue weighted by molar-refractivity contribution is 6.10. The van der Waals surface area contributed by atoms with E-state index in [1.165, 1.54) is 0 Å². The van der Waals surface area contributed by atoms with E-state index < -0.39 is 30.1 Å². The van der Waals surface area contributed by atoms with Crippen molar-refractivity contribution in [3.05, 3.63) is 30.3 Å². The van der Waals surface area contributed by atoms with Crippen molar-refractivity contribution in [2.45, 2.75) is 52.0 Å². The first-order chi connectivity index (χ1) is 13.6. The second kappa shape index (κ2) is 7.85. The van der Waals surface area contributed by atoms with E-state index >= 15 is 0 Å². The van der Waals surface area contributed by atoms with Gasteiger partial charge in [-0.25, -0.2) is 9.59 Å². The largest absolute Gasteiger partial charge is 0.325 e. The van der Waals surface area contributed by atoms with Gasteiger partial charge in [0, 0.05) is 5.69 Å². The summed E-state index contributed by atoms with van der Waals surface area (Å²) in [6, 6.07) is 7.36. The maximum atomic E-state index is 12.9. The van der Waals surface area contributed by atoms with Crippen LogP contribution in [0.5, 0.6) is 0 Å². The molecule has 1 saturated heterocycles. The van der Waals surface area contributed by atoms with Crippen LogP contribution in [0.25, 0.3) is 0 Å². The molecule has 1 spiro atoms. The zero-order valence-electron chi connectivity index (χ0n) is 17.1. The lowest BCUT2D eigenvalue weighted by atomic mass is 9.67. The minimum absolute atomic E-state index is 0.152. The third-order valence-electron chi connectivity index (χ3n) is 5.90. The van der Waals surface area contributed by atoms with Gasteiger partial charge in [0.1, 0.15) is 12.1 Å². The van der Waals surface area contributed by atoms with E-state index in [0.717, 1.165) is 17.7 Å². The number of rotatable bonds is 3. The van der Waals surface area contributed by atoms with Crippen LogP contribution in [0.15, 0.2) is 30.3 Å². The normalized spacial score (nSPS) is 24.4. The minimum Gasteiger partial charge on any atom is -0.323 e. The number of hydrogen-bond acceptors (Lipinski definition) is 4. The number of para-hydroxylation sites is 1. The Balaban J connectivity index is 1.56. The van der Waals surface area contributed by atoms with Crippen molar-refractivity contribution in [3.8, 4) is 0 Å². The Kier molecular flexibility index (Phi) is 5.64. The summed E-state index contributed by atoms with van der Waals surface area (Å²) in [5, 5.41) is 7.47. The molecule has 1 heterocycles. The lowest BCUT2D eigenvalue weighted by molar-refractivity contribution is -0.136. The van der Waals surface area contributed by atoms with Crippen molar-refractivity contribution >= 4 is 29.6 Å². The molecule has 0 bridgehead atoms. The molecule has 1 aliphatic carbocycles. The molecule has 0 unspecified atom stereocenters. The standard InChI is InChI=1S/C21H28N4O4/c1-20(2,3)14-9-11-21(12-10-14)17(27)25(19(29)24-21)13-16(26)23-18(28)22-15-7-5-4-6-8-15/h4-8,14H,9-13H2,1-3H3,(H,24,29)(H2,22,23,26,28). The number of urea groups is 2. The molecular formula is C21H28N4O4. The van der Waals surface area contributed by atoms with Gasteiger partial charge in [0.25, 0.3) is 5.91 Å². The summed E-state index contributed by atoms with van der Waals surface area (Å²) in [6.07, 6.45) is 2.81. The predicted molar refractivity (Wildman–Crippen MR) is 108 cm³/mol. The van der Waals surface area contributed by atoms with E-state index in [0.29, 0.717) is 24.4 Å². The van der Waals surface area contributed by atoms with Gasteiger partial charge < -0.3 is 10.6 Å². The van der Waals surface area contributed by atoms with Crippen LogP contribution in [-0.2, 0) is 9.59 Å². The number of nitrogens with one attached hydrogen (secondary N) is 3. The SMILES string of the molecule is CC(C)(C)C1CCC2(CC1)NC(=O)N(CC(=O)NC(=O)Nc1ccccc1)C2=O. The van der Waals surface area contributed by atoms with Crippen molar-refractivity contribution in [1.82, 2.24) is 15.5 Å². The van der Waals surface area contributed by atoms with Gasteiger partial charge in [0.2, 0.25) is 5.91 Å². The van der Waals surface area contributed by atoms with E-state index in [-0.39, 0.29) is 11.3 Å². The minimum atomic E-state index is -0.925. The van der Waals surface area contributed by atoms with Crippen molar-refractivity contribution in [1.29, 1.82) is 0 Å². The van der Waals surface area contributed by atoms with Gasteiger partial charge in [0.05, 0.1) is 0 Å². The smallest absolute Gasteiger partial charge is 0.323 e. The molecule has 1 aromatic rings. The number of nitrogens with zero attached hydrogens (tertiary/aromatic N) is 1. The summed E-state index contributed by atoms with van der Waals surface area (Å²) in [5.41, 5.74) is -0.243. The van der Waals surface area contributed by atoms with Gasteiger partial charge in [0.15, 0.2) is 0 Å². The molecule has 2 fully saturated rings. The van der Waals surface area contributed by atoms with Crippen molar-refractivity contribution < 1.29 is 19.2 Å². The fourth-order valence-corrected chi connectivity index (χ4v) is 4.13. The highest BCUT2D eigenvalue weighted by Crippen LogP contribution is 2.43. The fourth-order valence-electron chi connectivity index (χ4n) is 4.13. The predicted octanol–water partition coefficient (Wildman–Crippen LogP) is 2.86. The molecule has 0 aromatic heterocycles. The molecule has 6 amide bonds. The number of carbonyl (C=O) groups is 4. The van der Waals surface area contributed by atoms with Gasteiger partial charge in [-0.05, 0) is 49.1 Å². The van der Waals surface area contributed by atoms with Crippen molar-refractivity contribution in [2.24, 2.45) is 11.3 Å². The fraction of sp³-hybridized carbons (Fsp3) is 0.524. The third-order valence-corrected chi connectivity index (χ3v) is 5.90. The summed E-state index contributed by atoms with van der Waals surface area (Å²) in [6.45, 7) is 6.06. The Morgan fingerprint density at radius 2 is 1.76 bits per heavy atom. The first-order valence-corrected chi connectivity index (χ1v) is 9.91. The third kappa shape index (κ3) is 4.58. The second-order valence-electron chi connectivity index (χ2n) is 8.91. The molecule has 0 atom stereocenters. The van der Waals surface area contributed by atoms with Crippen LogP contribution in [0.2, 0.25) is 0 Å². The molecule has 156 valence electrons. The zero-order valence-corrected chi connectivity index (χ0v) is 17.1. The van der Waals surface area contributed by atoms with E-state index in [1.54, 1.807) is 30.3 Å². The summed E-state index contributed by atoms with van der Waals surface area (Å²) < 4.78 is 0. The average molecular weight is 400 g/mol. The van der Waals surface area contributed by atoms with Gasteiger partial charge in [-0.2, -0.15) is 0 Å². The molecule has 8 heteroatoms. The topological polar surface area (TPSA) is 108 Å². The second-order valence-corrected chi connectivity index (χ2v) is 8.91. The molecule has 8 nitrogen and oxygen atoms in total. The molecule has 3 N–H and O–H groups in total. The average Bonchev–Trinajstić information content (AvgIpc) is 2.86. The Hall–Kier alpha value is -2.90. The van der Waals surface area contributed by atoms with Crippen LogP contribution in [0, 0.1) is 11.3 Å². The summed E-state index contributed by atoms with van der Waals surface area (Å²) in [7, 11) is 0. The first-order valence-electron chi connectivity index (χ1n) is 9.91. The summed E-state index contributed by atoms with van der Waals surface area (Å²) >= 11 is 0. The maximum absolute atomic E-state index is 12.9. The first kappa shape index (κ1) is 20.8. The molecular weight excluding hydrogens is 372 g/mol. The van der Waals surface area contributed by atoms with E-state index in [9.17, 15) is 19.2 Å². The van der Waals surface area contributed by atoms with Crippen LogP contribution < -0.4 is 16.0 Å². The van der Waals surface area contributed by atoms with Crippen molar-refractivity contribution in [2.75, 3.05) is 11.9 Å². The van der Waals surface area contributed by atoms with Gasteiger partial charge in [-0.3, -0.25) is 19.8 Å². The van der Waals surface area contributed by atoms with Gasteiger partial charge in [-0.1, -0.05) is 39.0 Å². The van der Waals surface area contributed by atoms with Crippen LogP contribution in [-0.4, -0.2) is 40.9 Å². The molecule has 2 aliphatic rings. The molecule has 1 aliphatic heterocycles. The lowest BCUT2D eigenvalue weighted by Gasteiger charge is -2.40. The number of amides is 6. The lowest BCUT2D eigenvalue weighted by Crippen LogP contribution is -2.51. The Morgan fingerprint density at radius 3 is 2.34 bits per heavy atom. The number of carbonyl (C=O) groups excluding carboxylic acids is 4. The highest BCUT2D eigenvalue weighted by atomic mass is 16.2. The molecule has 3 rings (SSSR count). The summed E-state index contributed by atoms with van der Waals surface area (Å²) in [5.74, 6) is -0.618.